The number of amides is 1. The van der Waals surface area contributed by atoms with E-state index in [-0.39, 0.29) is 25.2 Å². The molecule has 0 aromatic rings. The molecule has 1 unspecified atom stereocenters. The van der Waals surface area contributed by atoms with Gasteiger partial charge in [0, 0.05) is 5.92 Å². The van der Waals surface area contributed by atoms with Crippen LogP contribution in [0.3, 0.4) is 0 Å². The van der Waals surface area contributed by atoms with E-state index in [1.165, 1.54) is 6.42 Å². The third-order valence-corrected chi connectivity index (χ3v) is 4.36. The van der Waals surface area contributed by atoms with Crippen LogP contribution in [0.4, 0.5) is 0 Å². The number of nitrogens with one attached hydrogen (secondary N) is 1. The van der Waals surface area contributed by atoms with E-state index in [0.29, 0.717) is 24.4 Å². The van der Waals surface area contributed by atoms with E-state index in [2.05, 4.69) is 26.1 Å². The lowest BCUT2D eigenvalue weighted by Crippen LogP contribution is -2.46. The highest BCUT2D eigenvalue weighted by Gasteiger charge is 2.36. The fraction of sp³-hybridized carbons (Fsp3) is 0.882. The van der Waals surface area contributed by atoms with Crippen molar-refractivity contribution in [2.24, 2.45) is 23.7 Å². The quantitative estimate of drug-likeness (QED) is 0.792. The number of ether oxygens (including phenoxy) is 1. The third-order valence-electron chi connectivity index (χ3n) is 4.36. The largest absolute Gasteiger partial charge is 0.464 e. The Labute approximate surface area is 130 Å². The average molecular weight is 299 g/mol. The molecule has 124 valence electrons. The van der Waals surface area contributed by atoms with E-state index in [4.69, 9.17) is 4.74 Å². The molecule has 0 saturated heterocycles. The van der Waals surface area contributed by atoms with E-state index in [9.17, 15) is 9.59 Å². The van der Waals surface area contributed by atoms with Crippen molar-refractivity contribution in [1.82, 2.24) is 5.32 Å². The van der Waals surface area contributed by atoms with Gasteiger partial charge in [-0.1, -0.05) is 34.6 Å². The first-order valence-electron chi connectivity index (χ1n) is 7.83. The lowest BCUT2D eigenvalue weighted by atomic mass is 9.69. The zero-order valence-electron chi connectivity index (χ0n) is 13.4. The number of rotatable bonds is 5. The SMILES string of the molecule is C.CCOC(=O)C(C)NC(=O)[C@@H]1C[C@H](C)CC[C@H]1C(C)C. The Morgan fingerprint density at radius 3 is 2.38 bits per heavy atom. The van der Waals surface area contributed by atoms with Gasteiger partial charge in [-0.25, -0.2) is 4.79 Å². The zero-order valence-corrected chi connectivity index (χ0v) is 13.4. The highest BCUT2D eigenvalue weighted by molar-refractivity contribution is 5.85. The number of esters is 1. The van der Waals surface area contributed by atoms with Gasteiger partial charge >= 0.3 is 5.97 Å². The monoisotopic (exact) mass is 299 g/mol. The Balaban J connectivity index is 0.00000400. The molecule has 1 fully saturated rings. The molecular formula is C17H33NO3. The van der Waals surface area contributed by atoms with Crippen LogP contribution in [0, 0.1) is 23.7 Å². The van der Waals surface area contributed by atoms with Crippen LogP contribution < -0.4 is 5.32 Å². The molecule has 0 aromatic heterocycles. The Morgan fingerprint density at radius 2 is 1.86 bits per heavy atom. The summed E-state index contributed by atoms with van der Waals surface area (Å²) in [5, 5.41) is 2.83. The highest BCUT2D eigenvalue weighted by atomic mass is 16.5. The van der Waals surface area contributed by atoms with Gasteiger partial charge in [0.1, 0.15) is 6.04 Å². The smallest absolute Gasteiger partial charge is 0.328 e. The minimum Gasteiger partial charge on any atom is -0.464 e. The molecule has 4 heteroatoms. The minimum absolute atomic E-state index is 0. The topological polar surface area (TPSA) is 55.4 Å². The van der Waals surface area contributed by atoms with Crippen LogP contribution >= 0.6 is 0 Å². The molecule has 1 aliphatic rings. The van der Waals surface area contributed by atoms with E-state index in [1.807, 2.05) is 0 Å². The molecule has 1 saturated carbocycles. The summed E-state index contributed by atoms with van der Waals surface area (Å²) >= 11 is 0. The molecule has 0 bridgehead atoms. The summed E-state index contributed by atoms with van der Waals surface area (Å²) in [6.07, 6.45) is 3.22. The average Bonchev–Trinajstić information content (AvgIpc) is 2.38. The van der Waals surface area contributed by atoms with Gasteiger partial charge in [0.05, 0.1) is 6.61 Å². The fourth-order valence-electron chi connectivity index (χ4n) is 3.15. The summed E-state index contributed by atoms with van der Waals surface area (Å²) < 4.78 is 4.93. The van der Waals surface area contributed by atoms with Crippen LogP contribution in [-0.4, -0.2) is 24.5 Å². The number of carbonyl (C=O) groups is 2. The van der Waals surface area contributed by atoms with Gasteiger partial charge in [0.15, 0.2) is 0 Å². The maximum atomic E-state index is 12.5. The van der Waals surface area contributed by atoms with Gasteiger partial charge in [-0.05, 0) is 44.4 Å². The molecule has 1 rings (SSSR count). The molecule has 1 amide bonds. The molecule has 0 radical (unpaired) electrons. The summed E-state index contributed by atoms with van der Waals surface area (Å²) in [7, 11) is 0. The first-order valence-corrected chi connectivity index (χ1v) is 7.83. The molecule has 0 aliphatic heterocycles. The van der Waals surface area contributed by atoms with E-state index in [0.717, 1.165) is 12.8 Å². The highest BCUT2D eigenvalue weighted by Crippen LogP contribution is 2.38. The van der Waals surface area contributed by atoms with Crippen molar-refractivity contribution in [3.05, 3.63) is 0 Å². The number of hydrogen-bond donors (Lipinski definition) is 1. The molecule has 0 spiro atoms. The van der Waals surface area contributed by atoms with E-state index >= 15 is 0 Å². The van der Waals surface area contributed by atoms with Crippen LogP contribution in [0.1, 0.15) is 61.3 Å². The maximum absolute atomic E-state index is 12.5. The third kappa shape index (κ3) is 5.68. The van der Waals surface area contributed by atoms with Crippen molar-refractivity contribution in [2.45, 2.75) is 67.3 Å². The van der Waals surface area contributed by atoms with Crippen LogP contribution in [0.25, 0.3) is 0 Å². The van der Waals surface area contributed by atoms with Crippen LogP contribution in [0.5, 0.6) is 0 Å². The van der Waals surface area contributed by atoms with Crippen molar-refractivity contribution in [2.75, 3.05) is 6.61 Å². The van der Waals surface area contributed by atoms with Gasteiger partial charge in [0.2, 0.25) is 5.91 Å². The van der Waals surface area contributed by atoms with E-state index < -0.39 is 6.04 Å². The second kappa shape index (κ2) is 9.06. The summed E-state index contributed by atoms with van der Waals surface area (Å²) in [4.78, 5) is 24.1. The Kier molecular flexibility index (Phi) is 8.60. The van der Waals surface area contributed by atoms with Crippen LogP contribution in [-0.2, 0) is 14.3 Å². The molecule has 4 atom stereocenters. The van der Waals surface area contributed by atoms with Gasteiger partial charge in [-0.3, -0.25) is 4.79 Å². The Bertz CT molecular complexity index is 341. The Hall–Kier alpha value is -1.06. The summed E-state index contributed by atoms with van der Waals surface area (Å²) in [5.74, 6) is 1.17. The fourth-order valence-corrected chi connectivity index (χ4v) is 3.15. The molecule has 0 aromatic carbocycles. The summed E-state index contributed by atoms with van der Waals surface area (Å²) in [6.45, 7) is 10.3. The second-order valence-corrected chi connectivity index (χ2v) is 6.41. The molecule has 21 heavy (non-hydrogen) atoms. The van der Waals surface area contributed by atoms with Crippen molar-refractivity contribution in [3.63, 3.8) is 0 Å². The molecule has 1 N–H and O–H groups in total. The van der Waals surface area contributed by atoms with Gasteiger partial charge in [0.25, 0.3) is 0 Å². The molecule has 1 aliphatic carbocycles. The first-order chi connectivity index (χ1) is 9.36. The predicted molar refractivity (Wildman–Crippen MR) is 85.8 cm³/mol. The number of carbonyl (C=O) groups excluding carboxylic acids is 2. The van der Waals surface area contributed by atoms with Crippen LogP contribution in [0.2, 0.25) is 0 Å². The van der Waals surface area contributed by atoms with Gasteiger partial charge in [-0.2, -0.15) is 0 Å². The van der Waals surface area contributed by atoms with Crippen molar-refractivity contribution in [1.29, 1.82) is 0 Å². The van der Waals surface area contributed by atoms with E-state index in [1.54, 1.807) is 13.8 Å². The maximum Gasteiger partial charge on any atom is 0.328 e. The van der Waals surface area contributed by atoms with Crippen molar-refractivity contribution >= 4 is 11.9 Å². The normalized spacial score (nSPS) is 26.7. The zero-order chi connectivity index (χ0) is 15.3. The Morgan fingerprint density at radius 1 is 1.24 bits per heavy atom. The first kappa shape index (κ1) is 19.9. The van der Waals surface area contributed by atoms with Crippen molar-refractivity contribution < 1.29 is 14.3 Å². The summed E-state index contributed by atoms with van der Waals surface area (Å²) in [5.41, 5.74) is 0. The van der Waals surface area contributed by atoms with Crippen molar-refractivity contribution in [3.8, 4) is 0 Å². The molecule has 0 heterocycles. The lowest BCUT2D eigenvalue weighted by Gasteiger charge is -2.36. The number of hydrogen-bond acceptors (Lipinski definition) is 3. The van der Waals surface area contributed by atoms with Gasteiger partial charge in [-0.15, -0.1) is 0 Å². The second-order valence-electron chi connectivity index (χ2n) is 6.41. The minimum atomic E-state index is -0.563. The predicted octanol–water partition coefficient (Wildman–Crippen LogP) is 3.40. The summed E-state index contributed by atoms with van der Waals surface area (Å²) in [6, 6.07) is -0.563. The standard InChI is InChI=1S/C16H29NO3.CH4/c1-6-20-16(19)12(5)17-15(18)14-9-11(4)7-8-13(14)10(2)3;/h10-14H,6-9H2,1-5H3,(H,17,18);1H4/t11-,12?,13+,14-;/m1./s1. The molecule has 4 nitrogen and oxygen atoms in total. The van der Waals surface area contributed by atoms with Crippen LogP contribution in [0.15, 0.2) is 0 Å². The molecular weight excluding hydrogens is 266 g/mol. The van der Waals surface area contributed by atoms with Gasteiger partial charge < -0.3 is 10.1 Å². The lowest BCUT2D eigenvalue weighted by molar-refractivity contribution is -0.147.